The summed E-state index contributed by atoms with van der Waals surface area (Å²) in [6.07, 6.45) is 3.11. The fourth-order valence-corrected chi connectivity index (χ4v) is 1.90. The Morgan fingerprint density at radius 3 is 2.71 bits per heavy atom. The topological polar surface area (TPSA) is 26.3 Å². The highest BCUT2D eigenvalue weighted by Gasteiger charge is 2.15. The summed E-state index contributed by atoms with van der Waals surface area (Å²) in [5.74, 6) is -0.407. The van der Waals surface area contributed by atoms with Crippen LogP contribution in [0.3, 0.4) is 0 Å². The molecule has 0 spiro atoms. The van der Waals surface area contributed by atoms with Crippen LogP contribution in [0.2, 0.25) is 0 Å². The Morgan fingerprint density at radius 2 is 2.18 bits per heavy atom. The first-order chi connectivity index (χ1) is 8.13. The largest absolute Gasteiger partial charge is 0.469 e. The molecule has 0 fully saturated rings. The minimum atomic E-state index is -0.213. The summed E-state index contributed by atoms with van der Waals surface area (Å²) in [5.41, 5.74) is 3.48. The molecule has 0 bridgehead atoms. The van der Waals surface area contributed by atoms with Crippen molar-refractivity contribution < 1.29 is 9.53 Å². The molecular formula is C15H20O2. The van der Waals surface area contributed by atoms with Crippen molar-refractivity contribution in [2.75, 3.05) is 7.11 Å². The van der Waals surface area contributed by atoms with Crippen LogP contribution >= 0.6 is 0 Å². The van der Waals surface area contributed by atoms with Gasteiger partial charge in [0.2, 0.25) is 0 Å². The van der Waals surface area contributed by atoms with Gasteiger partial charge in [0.15, 0.2) is 0 Å². The normalized spacial score (nSPS) is 13.3. The predicted octanol–water partition coefficient (Wildman–Crippen LogP) is 3.78. The Kier molecular flexibility index (Phi) is 4.95. The molecule has 1 rings (SSSR count). The summed E-state index contributed by atoms with van der Waals surface area (Å²) < 4.78 is 4.77. The van der Waals surface area contributed by atoms with Gasteiger partial charge in [0.25, 0.3) is 0 Å². The maximum Gasteiger partial charge on any atom is 0.312 e. The van der Waals surface area contributed by atoms with E-state index in [1.54, 1.807) is 0 Å². The molecule has 0 heterocycles. The summed E-state index contributed by atoms with van der Waals surface area (Å²) in [6.45, 7) is 6.03. The number of rotatable bonds is 4. The second-order valence-electron chi connectivity index (χ2n) is 4.04. The number of hydrogen-bond donors (Lipinski definition) is 0. The van der Waals surface area contributed by atoms with E-state index in [1.807, 2.05) is 26.0 Å². The van der Waals surface area contributed by atoms with Gasteiger partial charge in [-0.25, -0.2) is 0 Å². The average molecular weight is 232 g/mol. The number of carbonyl (C=O) groups is 1. The Bertz CT molecular complexity index is 419. The van der Waals surface area contributed by atoms with Crippen molar-refractivity contribution in [3.8, 4) is 0 Å². The minimum Gasteiger partial charge on any atom is -0.469 e. The van der Waals surface area contributed by atoms with E-state index in [0.29, 0.717) is 0 Å². The van der Waals surface area contributed by atoms with E-state index in [0.717, 1.165) is 12.0 Å². The van der Waals surface area contributed by atoms with Crippen LogP contribution in [0.1, 0.15) is 44.2 Å². The first kappa shape index (κ1) is 13.5. The maximum absolute atomic E-state index is 11.5. The zero-order valence-corrected chi connectivity index (χ0v) is 11.0. The van der Waals surface area contributed by atoms with E-state index < -0.39 is 0 Å². The highest BCUT2D eigenvalue weighted by molar-refractivity contribution is 5.78. The molecule has 0 radical (unpaired) electrons. The van der Waals surface area contributed by atoms with Crippen molar-refractivity contribution in [3.63, 3.8) is 0 Å². The molecule has 0 aromatic heterocycles. The SMILES string of the molecule is C/C=C(/CC)c1cccc([C@@H](C)C(=O)OC)c1. The standard InChI is InChI=1S/C15H20O2/c1-5-12(6-2)14-9-7-8-13(10-14)11(3)15(16)17-4/h5,7-11H,6H2,1-4H3/b12-5-/t11-/m1/s1. The van der Waals surface area contributed by atoms with Crippen LogP contribution in [0.25, 0.3) is 5.57 Å². The highest BCUT2D eigenvalue weighted by atomic mass is 16.5. The Labute approximate surface area is 103 Å². The lowest BCUT2D eigenvalue weighted by Crippen LogP contribution is -2.10. The molecular weight excluding hydrogens is 212 g/mol. The first-order valence-corrected chi connectivity index (χ1v) is 5.97. The zero-order valence-electron chi connectivity index (χ0n) is 11.0. The summed E-state index contributed by atoms with van der Waals surface area (Å²) in [7, 11) is 1.42. The molecule has 1 aromatic carbocycles. The molecule has 1 aromatic rings. The van der Waals surface area contributed by atoms with Crippen LogP contribution in [0.15, 0.2) is 30.3 Å². The second kappa shape index (κ2) is 6.24. The van der Waals surface area contributed by atoms with Gasteiger partial charge >= 0.3 is 5.97 Å². The number of ether oxygens (including phenoxy) is 1. The van der Waals surface area contributed by atoms with Crippen molar-refractivity contribution in [2.45, 2.75) is 33.1 Å². The molecule has 0 aliphatic rings. The van der Waals surface area contributed by atoms with E-state index in [-0.39, 0.29) is 11.9 Å². The molecule has 92 valence electrons. The first-order valence-electron chi connectivity index (χ1n) is 5.97. The van der Waals surface area contributed by atoms with E-state index in [2.05, 4.69) is 25.1 Å². The molecule has 0 saturated heterocycles. The van der Waals surface area contributed by atoms with Crippen LogP contribution in [0.4, 0.5) is 0 Å². The molecule has 0 saturated carbocycles. The lowest BCUT2D eigenvalue weighted by atomic mass is 9.95. The lowest BCUT2D eigenvalue weighted by molar-refractivity contribution is -0.141. The molecule has 0 unspecified atom stereocenters. The Balaban J connectivity index is 3.05. The van der Waals surface area contributed by atoms with E-state index in [9.17, 15) is 4.79 Å². The molecule has 2 nitrogen and oxygen atoms in total. The average Bonchev–Trinajstić information content (AvgIpc) is 2.38. The third kappa shape index (κ3) is 3.19. The van der Waals surface area contributed by atoms with Crippen molar-refractivity contribution in [1.82, 2.24) is 0 Å². The van der Waals surface area contributed by atoms with Gasteiger partial charge in [-0.05, 0) is 37.0 Å². The van der Waals surface area contributed by atoms with Gasteiger partial charge in [0.05, 0.1) is 13.0 Å². The van der Waals surface area contributed by atoms with E-state index in [1.165, 1.54) is 18.2 Å². The summed E-state index contributed by atoms with van der Waals surface area (Å²) in [6, 6.07) is 8.10. The molecule has 0 aliphatic heterocycles. The second-order valence-corrected chi connectivity index (χ2v) is 4.04. The number of hydrogen-bond acceptors (Lipinski definition) is 2. The fourth-order valence-electron chi connectivity index (χ4n) is 1.90. The quantitative estimate of drug-likeness (QED) is 0.738. The van der Waals surface area contributed by atoms with Gasteiger partial charge in [-0.1, -0.05) is 37.3 Å². The number of benzene rings is 1. The third-order valence-corrected chi connectivity index (χ3v) is 3.04. The summed E-state index contributed by atoms with van der Waals surface area (Å²) in [4.78, 5) is 11.5. The van der Waals surface area contributed by atoms with Crippen LogP contribution < -0.4 is 0 Å². The minimum absolute atomic E-state index is 0.194. The number of esters is 1. The van der Waals surface area contributed by atoms with Crippen molar-refractivity contribution in [2.24, 2.45) is 0 Å². The zero-order chi connectivity index (χ0) is 12.8. The van der Waals surface area contributed by atoms with Crippen LogP contribution in [0.5, 0.6) is 0 Å². The third-order valence-electron chi connectivity index (χ3n) is 3.04. The van der Waals surface area contributed by atoms with Crippen molar-refractivity contribution >= 4 is 11.5 Å². The summed E-state index contributed by atoms with van der Waals surface area (Å²) >= 11 is 0. The number of carbonyl (C=O) groups excluding carboxylic acids is 1. The fraction of sp³-hybridized carbons (Fsp3) is 0.400. The predicted molar refractivity (Wildman–Crippen MR) is 70.8 cm³/mol. The number of methoxy groups -OCH3 is 1. The van der Waals surface area contributed by atoms with Crippen molar-refractivity contribution in [3.05, 3.63) is 41.5 Å². The van der Waals surface area contributed by atoms with Crippen LogP contribution in [-0.4, -0.2) is 13.1 Å². The van der Waals surface area contributed by atoms with Gasteiger partial charge in [-0.3, -0.25) is 4.79 Å². The molecule has 1 atom stereocenters. The van der Waals surface area contributed by atoms with E-state index >= 15 is 0 Å². The maximum atomic E-state index is 11.5. The molecule has 0 amide bonds. The molecule has 17 heavy (non-hydrogen) atoms. The lowest BCUT2D eigenvalue weighted by Gasteiger charge is -2.12. The van der Waals surface area contributed by atoms with Gasteiger partial charge in [0, 0.05) is 0 Å². The number of allylic oxidation sites excluding steroid dienone is 2. The Morgan fingerprint density at radius 1 is 1.47 bits per heavy atom. The van der Waals surface area contributed by atoms with Gasteiger partial charge in [0.1, 0.15) is 0 Å². The highest BCUT2D eigenvalue weighted by Crippen LogP contribution is 2.23. The smallest absolute Gasteiger partial charge is 0.312 e. The van der Waals surface area contributed by atoms with E-state index in [4.69, 9.17) is 4.74 Å². The van der Waals surface area contributed by atoms with Gasteiger partial charge in [-0.2, -0.15) is 0 Å². The molecule has 0 N–H and O–H groups in total. The van der Waals surface area contributed by atoms with Crippen molar-refractivity contribution in [1.29, 1.82) is 0 Å². The van der Waals surface area contributed by atoms with Gasteiger partial charge in [-0.15, -0.1) is 0 Å². The summed E-state index contributed by atoms with van der Waals surface area (Å²) in [5, 5.41) is 0. The monoisotopic (exact) mass is 232 g/mol. The molecule has 0 aliphatic carbocycles. The van der Waals surface area contributed by atoms with Crippen LogP contribution in [-0.2, 0) is 9.53 Å². The van der Waals surface area contributed by atoms with Gasteiger partial charge < -0.3 is 4.74 Å². The molecule has 2 heteroatoms. The Hall–Kier alpha value is -1.57. The van der Waals surface area contributed by atoms with Crippen LogP contribution in [0, 0.1) is 0 Å².